The van der Waals surface area contributed by atoms with Crippen molar-refractivity contribution < 1.29 is 9.90 Å². The first-order valence-electron chi connectivity index (χ1n) is 3.25. The van der Waals surface area contributed by atoms with Crippen LogP contribution in [-0.2, 0) is 4.79 Å². The Morgan fingerprint density at radius 1 is 1.33 bits per heavy atom. The number of carbonyl (C=O) groups excluding carboxylic acids is 1. The van der Waals surface area contributed by atoms with Gasteiger partial charge in [0.1, 0.15) is 5.75 Å². The summed E-state index contributed by atoms with van der Waals surface area (Å²) in [5, 5.41) is 11.5. The zero-order valence-electron chi connectivity index (χ0n) is 6.87. The standard InChI is InChI=1S/C8H9NO2.Ca/c1-6(10)9-7-2-4-8(11)5-3-7;/h2-5,11H,1H3,(H,9,10);/q;+2. The van der Waals surface area contributed by atoms with Gasteiger partial charge in [-0.3, -0.25) is 4.79 Å². The van der Waals surface area contributed by atoms with Gasteiger partial charge >= 0.3 is 37.7 Å². The van der Waals surface area contributed by atoms with Crippen molar-refractivity contribution in [3.63, 3.8) is 0 Å². The quantitative estimate of drug-likeness (QED) is 0.513. The van der Waals surface area contributed by atoms with Crippen LogP contribution < -0.4 is 5.32 Å². The van der Waals surface area contributed by atoms with E-state index >= 15 is 0 Å². The number of phenolic OH excluding ortho intramolecular Hbond substituents is 1. The summed E-state index contributed by atoms with van der Waals surface area (Å²) in [4.78, 5) is 10.5. The van der Waals surface area contributed by atoms with E-state index in [4.69, 9.17) is 5.11 Å². The molecule has 0 saturated carbocycles. The third-order valence-corrected chi connectivity index (χ3v) is 1.19. The van der Waals surface area contributed by atoms with Crippen molar-refractivity contribution >= 4 is 49.3 Å². The number of amides is 1. The van der Waals surface area contributed by atoms with Gasteiger partial charge in [-0.15, -0.1) is 0 Å². The molecule has 0 aliphatic rings. The first kappa shape index (κ1) is 11.7. The molecular weight excluding hydrogens is 182 g/mol. The third kappa shape index (κ3) is 3.95. The Morgan fingerprint density at radius 3 is 2.25 bits per heavy atom. The SMILES string of the molecule is CC(=O)Nc1ccc(O)cc1.[Ca+2]. The Labute approximate surface area is 101 Å². The van der Waals surface area contributed by atoms with Gasteiger partial charge in [-0.05, 0) is 24.3 Å². The molecule has 0 aromatic heterocycles. The zero-order chi connectivity index (χ0) is 8.27. The summed E-state index contributed by atoms with van der Waals surface area (Å²) < 4.78 is 0. The second kappa shape index (κ2) is 5.40. The molecule has 1 aromatic carbocycles. The average Bonchev–Trinajstić information content (AvgIpc) is 1.93. The number of benzene rings is 1. The molecule has 0 atom stereocenters. The summed E-state index contributed by atoms with van der Waals surface area (Å²) in [6.45, 7) is 1.44. The maximum atomic E-state index is 10.5. The predicted molar refractivity (Wildman–Crippen MR) is 48.2 cm³/mol. The topological polar surface area (TPSA) is 49.3 Å². The Morgan fingerprint density at radius 2 is 1.83 bits per heavy atom. The summed E-state index contributed by atoms with van der Waals surface area (Å²) in [5.74, 6) is 0.0785. The van der Waals surface area contributed by atoms with Crippen LogP contribution in [-0.4, -0.2) is 48.8 Å². The van der Waals surface area contributed by atoms with Crippen LogP contribution in [0.5, 0.6) is 5.75 Å². The first-order valence-corrected chi connectivity index (χ1v) is 3.25. The Kier molecular flexibility index (Phi) is 5.29. The number of anilines is 1. The third-order valence-electron chi connectivity index (χ3n) is 1.19. The van der Waals surface area contributed by atoms with E-state index in [2.05, 4.69) is 5.32 Å². The van der Waals surface area contributed by atoms with Crippen molar-refractivity contribution in [1.29, 1.82) is 0 Å². The molecule has 0 fully saturated rings. The minimum atomic E-state index is -0.115. The number of carbonyl (C=O) groups is 1. The van der Waals surface area contributed by atoms with E-state index in [9.17, 15) is 4.79 Å². The normalized spacial score (nSPS) is 8.42. The molecule has 0 unspecified atom stereocenters. The fraction of sp³-hybridized carbons (Fsp3) is 0.125. The van der Waals surface area contributed by atoms with Crippen molar-refractivity contribution in [2.45, 2.75) is 6.92 Å². The molecular formula is C8H9CaNO2+2. The second-order valence-electron chi connectivity index (χ2n) is 2.23. The van der Waals surface area contributed by atoms with Crippen LogP contribution in [0.1, 0.15) is 6.92 Å². The molecule has 3 nitrogen and oxygen atoms in total. The molecule has 0 bridgehead atoms. The minimum Gasteiger partial charge on any atom is -0.508 e. The van der Waals surface area contributed by atoms with Crippen LogP contribution >= 0.6 is 0 Å². The average molecular weight is 191 g/mol. The van der Waals surface area contributed by atoms with Gasteiger partial charge in [-0.25, -0.2) is 0 Å². The van der Waals surface area contributed by atoms with Crippen LogP contribution in [0.4, 0.5) is 5.69 Å². The van der Waals surface area contributed by atoms with Crippen molar-refractivity contribution in [3.05, 3.63) is 24.3 Å². The summed E-state index contributed by atoms with van der Waals surface area (Å²) in [6, 6.07) is 6.31. The van der Waals surface area contributed by atoms with E-state index in [1.165, 1.54) is 19.1 Å². The minimum absolute atomic E-state index is 0. The maximum absolute atomic E-state index is 10.5. The zero-order valence-corrected chi connectivity index (χ0v) is 9.08. The number of aromatic hydroxyl groups is 1. The number of hydrogen-bond acceptors (Lipinski definition) is 2. The van der Waals surface area contributed by atoms with Gasteiger partial charge in [0.15, 0.2) is 0 Å². The van der Waals surface area contributed by atoms with Gasteiger partial charge in [-0.2, -0.15) is 0 Å². The van der Waals surface area contributed by atoms with E-state index < -0.39 is 0 Å². The Hall–Kier alpha value is -0.250. The molecule has 0 aliphatic carbocycles. The van der Waals surface area contributed by atoms with Gasteiger partial charge in [0.25, 0.3) is 0 Å². The van der Waals surface area contributed by atoms with Crippen molar-refractivity contribution in [2.24, 2.45) is 0 Å². The molecule has 0 spiro atoms. The maximum Gasteiger partial charge on any atom is 2.00 e. The van der Waals surface area contributed by atoms with Gasteiger partial charge in [0.2, 0.25) is 5.91 Å². The number of nitrogens with one attached hydrogen (secondary N) is 1. The van der Waals surface area contributed by atoms with E-state index in [1.54, 1.807) is 12.1 Å². The monoisotopic (exact) mass is 191 g/mol. The molecule has 2 N–H and O–H groups in total. The Bertz CT molecular complexity index is 258. The number of rotatable bonds is 1. The van der Waals surface area contributed by atoms with E-state index in [0.29, 0.717) is 5.69 Å². The van der Waals surface area contributed by atoms with Crippen molar-refractivity contribution in [1.82, 2.24) is 0 Å². The van der Waals surface area contributed by atoms with Crippen LogP contribution in [0, 0.1) is 0 Å². The van der Waals surface area contributed by atoms with E-state index in [1.807, 2.05) is 0 Å². The summed E-state index contributed by atoms with van der Waals surface area (Å²) in [7, 11) is 0. The summed E-state index contributed by atoms with van der Waals surface area (Å²) >= 11 is 0. The molecule has 58 valence electrons. The summed E-state index contributed by atoms with van der Waals surface area (Å²) in [6.07, 6.45) is 0. The van der Waals surface area contributed by atoms with Crippen LogP contribution in [0.3, 0.4) is 0 Å². The fourth-order valence-corrected chi connectivity index (χ4v) is 0.748. The van der Waals surface area contributed by atoms with Crippen molar-refractivity contribution in [2.75, 3.05) is 5.32 Å². The molecule has 0 radical (unpaired) electrons. The van der Waals surface area contributed by atoms with E-state index in [0.717, 1.165) is 0 Å². The number of hydrogen-bond donors (Lipinski definition) is 2. The molecule has 1 rings (SSSR count). The van der Waals surface area contributed by atoms with Crippen LogP contribution in [0.2, 0.25) is 0 Å². The first-order chi connectivity index (χ1) is 5.18. The molecule has 0 heterocycles. The second-order valence-corrected chi connectivity index (χ2v) is 2.23. The van der Waals surface area contributed by atoms with Gasteiger partial charge < -0.3 is 10.4 Å². The molecule has 1 aromatic rings. The van der Waals surface area contributed by atoms with Crippen LogP contribution in [0.15, 0.2) is 24.3 Å². The summed E-state index contributed by atoms with van der Waals surface area (Å²) in [5.41, 5.74) is 0.690. The van der Waals surface area contributed by atoms with Gasteiger partial charge in [0, 0.05) is 12.6 Å². The van der Waals surface area contributed by atoms with Crippen LogP contribution in [0.25, 0.3) is 0 Å². The molecule has 0 aliphatic heterocycles. The molecule has 12 heavy (non-hydrogen) atoms. The molecule has 1 amide bonds. The van der Waals surface area contributed by atoms with Gasteiger partial charge in [-0.1, -0.05) is 0 Å². The predicted octanol–water partition coefficient (Wildman–Crippen LogP) is 0.970. The smallest absolute Gasteiger partial charge is 0.508 e. The van der Waals surface area contributed by atoms with Crippen molar-refractivity contribution in [3.8, 4) is 5.75 Å². The molecule has 0 saturated heterocycles. The fourth-order valence-electron chi connectivity index (χ4n) is 0.748. The Balaban J connectivity index is 0.00000121. The molecule has 4 heteroatoms. The largest absolute Gasteiger partial charge is 2.00 e. The van der Waals surface area contributed by atoms with E-state index in [-0.39, 0.29) is 49.4 Å². The number of phenols is 1. The van der Waals surface area contributed by atoms with Gasteiger partial charge in [0.05, 0.1) is 0 Å².